The third-order valence-electron chi connectivity index (χ3n) is 2.88. The minimum atomic E-state index is -0.879. The summed E-state index contributed by atoms with van der Waals surface area (Å²) in [6.07, 6.45) is 0.531. The van der Waals surface area contributed by atoms with E-state index in [-0.39, 0.29) is 0 Å². The Bertz CT molecular complexity index is 551. The summed E-state index contributed by atoms with van der Waals surface area (Å²) in [5, 5.41) is 13.1. The van der Waals surface area contributed by atoms with Crippen molar-refractivity contribution >= 4 is 22.8 Å². The van der Waals surface area contributed by atoms with Crippen LogP contribution in [0.4, 0.5) is 11.7 Å². The molecule has 0 amide bonds. The maximum atomic E-state index is 10.1. The Balaban J connectivity index is 2.01. The first kappa shape index (κ1) is 13.6. The highest BCUT2D eigenvalue weighted by atomic mass is 16.5. The standard InChI is InChI=1S/C13H19N3O3/c1-13(17,5-6-18-2)8-15-12-16-10-4-3-9(14)7-11(10)19-12/h3-4,7,17H,5-6,8,14H2,1-2H3,(H,15,16). The number of nitrogens with one attached hydrogen (secondary N) is 1. The molecule has 0 saturated carbocycles. The minimum absolute atomic E-state index is 0.332. The topological polar surface area (TPSA) is 93.5 Å². The average Bonchev–Trinajstić information content (AvgIpc) is 2.76. The Hall–Kier alpha value is -1.79. The number of aromatic nitrogens is 1. The molecule has 6 heteroatoms. The smallest absolute Gasteiger partial charge is 0.295 e. The number of nitrogens with two attached hydrogens (primary N) is 1. The van der Waals surface area contributed by atoms with Gasteiger partial charge < -0.3 is 25.3 Å². The van der Waals surface area contributed by atoms with Crippen LogP contribution >= 0.6 is 0 Å². The van der Waals surface area contributed by atoms with E-state index in [1.165, 1.54) is 0 Å². The zero-order chi connectivity index (χ0) is 13.9. The number of benzene rings is 1. The molecule has 104 valence electrons. The van der Waals surface area contributed by atoms with Gasteiger partial charge in [-0.1, -0.05) is 0 Å². The van der Waals surface area contributed by atoms with E-state index in [4.69, 9.17) is 14.9 Å². The second-order valence-corrected chi connectivity index (χ2v) is 4.84. The van der Waals surface area contributed by atoms with E-state index in [1.807, 2.05) is 0 Å². The summed E-state index contributed by atoms with van der Waals surface area (Å²) in [6, 6.07) is 5.65. The van der Waals surface area contributed by atoms with Gasteiger partial charge in [-0.05, 0) is 19.1 Å². The lowest BCUT2D eigenvalue weighted by Gasteiger charge is -2.22. The Labute approximate surface area is 111 Å². The first-order valence-electron chi connectivity index (χ1n) is 6.11. The highest BCUT2D eigenvalue weighted by molar-refractivity contribution is 5.78. The number of hydrogen-bond donors (Lipinski definition) is 3. The van der Waals surface area contributed by atoms with Crippen molar-refractivity contribution in [1.82, 2.24) is 4.98 Å². The van der Waals surface area contributed by atoms with Crippen LogP contribution in [0.3, 0.4) is 0 Å². The summed E-state index contributed by atoms with van der Waals surface area (Å²) >= 11 is 0. The Morgan fingerprint density at radius 1 is 1.53 bits per heavy atom. The molecular weight excluding hydrogens is 246 g/mol. The fourth-order valence-electron chi connectivity index (χ4n) is 1.69. The first-order valence-corrected chi connectivity index (χ1v) is 6.11. The Morgan fingerprint density at radius 3 is 3.05 bits per heavy atom. The van der Waals surface area contributed by atoms with Crippen molar-refractivity contribution in [1.29, 1.82) is 0 Å². The molecule has 2 aromatic rings. The molecule has 1 aromatic carbocycles. The number of oxazole rings is 1. The van der Waals surface area contributed by atoms with Gasteiger partial charge in [0.05, 0.1) is 5.60 Å². The third kappa shape index (κ3) is 3.59. The maximum Gasteiger partial charge on any atom is 0.295 e. The molecule has 0 aliphatic heterocycles. The zero-order valence-electron chi connectivity index (χ0n) is 11.1. The normalized spacial score (nSPS) is 14.5. The van der Waals surface area contributed by atoms with Crippen molar-refractivity contribution in [2.45, 2.75) is 18.9 Å². The van der Waals surface area contributed by atoms with Crippen molar-refractivity contribution in [3.05, 3.63) is 18.2 Å². The lowest BCUT2D eigenvalue weighted by atomic mass is 10.0. The van der Waals surface area contributed by atoms with Crippen LogP contribution in [0.5, 0.6) is 0 Å². The summed E-state index contributed by atoms with van der Waals surface area (Å²) in [5.74, 6) is 0. The summed E-state index contributed by atoms with van der Waals surface area (Å²) in [7, 11) is 1.61. The van der Waals surface area contributed by atoms with Crippen LogP contribution in [0.2, 0.25) is 0 Å². The van der Waals surface area contributed by atoms with Gasteiger partial charge in [-0.15, -0.1) is 0 Å². The Kier molecular flexibility index (Phi) is 3.92. The molecular formula is C13H19N3O3. The van der Waals surface area contributed by atoms with E-state index in [0.717, 1.165) is 5.52 Å². The molecule has 1 heterocycles. The largest absolute Gasteiger partial charge is 0.423 e. The fraction of sp³-hybridized carbons (Fsp3) is 0.462. The maximum absolute atomic E-state index is 10.1. The third-order valence-corrected chi connectivity index (χ3v) is 2.88. The van der Waals surface area contributed by atoms with Crippen molar-refractivity contribution in [2.75, 3.05) is 31.3 Å². The zero-order valence-corrected chi connectivity index (χ0v) is 11.1. The van der Waals surface area contributed by atoms with Crippen LogP contribution in [0.25, 0.3) is 11.1 Å². The number of methoxy groups -OCH3 is 1. The number of ether oxygens (including phenoxy) is 1. The molecule has 0 spiro atoms. The summed E-state index contributed by atoms with van der Waals surface area (Å²) in [6.45, 7) is 2.57. The van der Waals surface area contributed by atoms with Gasteiger partial charge >= 0.3 is 0 Å². The van der Waals surface area contributed by atoms with Gasteiger partial charge in [0, 0.05) is 38.4 Å². The van der Waals surface area contributed by atoms with Gasteiger partial charge in [0.15, 0.2) is 5.58 Å². The first-order chi connectivity index (χ1) is 9.00. The van der Waals surface area contributed by atoms with E-state index in [1.54, 1.807) is 32.2 Å². The fourth-order valence-corrected chi connectivity index (χ4v) is 1.69. The quantitative estimate of drug-likeness (QED) is 0.687. The lowest BCUT2D eigenvalue weighted by Crippen LogP contribution is -2.34. The van der Waals surface area contributed by atoms with E-state index >= 15 is 0 Å². The number of aliphatic hydroxyl groups is 1. The van der Waals surface area contributed by atoms with E-state index < -0.39 is 5.60 Å². The molecule has 0 aliphatic carbocycles. The van der Waals surface area contributed by atoms with E-state index in [2.05, 4.69) is 10.3 Å². The number of rotatable bonds is 6. The van der Waals surface area contributed by atoms with Gasteiger partial charge in [-0.3, -0.25) is 0 Å². The summed E-state index contributed by atoms with van der Waals surface area (Å²) in [5.41, 5.74) is 6.77. The summed E-state index contributed by atoms with van der Waals surface area (Å²) < 4.78 is 10.5. The van der Waals surface area contributed by atoms with Gasteiger partial charge in [-0.2, -0.15) is 4.98 Å². The van der Waals surface area contributed by atoms with Crippen LogP contribution in [0.15, 0.2) is 22.6 Å². The Morgan fingerprint density at radius 2 is 2.32 bits per heavy atom. The predicted octanol–water partition coefficient (Wildman–Crippen LogP) is 1.61. The number of anilines is 2. The molecule has 0 bridgehead atoms. The van der Waals surface area contributed by atoms with Crippen molar-refractivity contribution < 1.29 is 14.3 Å². The monoisotopic (exact) mass is 265 g/mol. The molecule has 1 atom stereocenters. The molecule has 0 aliphatic rings. The molecule has 19 heavy (non-hydrogen) atoms. The van der Waals surface area contributed by atoms with Crippen LogP contribution in [-0.2, 0) is 4.74 Å². The van der Waals surface area contributed by atoms with Gasteiger partial charge in [0.1, 0.15) is 5.52 Å². The van der Waals surface area contributed by atoms with Gasteiger partial charge in [0.2, 0.25) is 0 Å². The van der Waals surface area contributed by atoms with Crippen LogP contribution in [-0.4, -0.2) is 36.0 Å². The SMILES string of the molecule is COCCC(C)(O)CNc1nc2ccc(N)cc2o1. The number of fused-ring (bicyclic) bond motifs is 1. The van der Waals surface area contributed by atoms with Gasteiger partial charge in [0.25, 0.3) is 6.01 Å². The molecule has 0 fully saturated rings. The molecule has 0 saturated heterocycles. The van der Waals surface area contributed by atoms with Crippen molar-refractivity contribution in [3.8, 4) is 0 Å². The summed E-state index contributed by atoms with van der Waals surface area (Å²) in [4.78, 5) is 4.26. The molecule has 0 radical (unpaired) electrons. The number of nitrogen functional groups attached to an aromatic ring is 1. The van der Waals surface area contributed by atoms with Crippen LogP contribution < -0.4 is 11.1 Å². The second-order valence-electron chi connectivity index (χ2n) is 4.84. The molecule has 6 nitrogen and oxygen atoms in total. The molecule has 4 N–H and O–H groups in total. The highest BCUT2D eigenvalue weighted by Gasteiger charge is 2.20. The second kappa shape index (κ2) is 5.46. The number of nitrogens with zero attached hydrogens (tertiary/aromatic N) is 1. The van der Waals surface area contributed by atoms with E-state index in [0.29, 0.717) is 36.9 Å². The van der Waals surface area contributed by atoms with Crippen LogP contribution in [0.1, 0.15) is 13.3 Å². The predicted molar refractivity (Wildman–Crippen MR) is 74.0 cm³/mol. The highest BCUT2D eigenvalue weighted by Crippen LogP contribution is 2.21. The van der Waals surface area contributed by atoms with Gasteiger partial charge in [-0.25, -0.2) is 0 Å². The minimum Gasteiger partial charge on any atom is -0.423 e. The lowest BCUT2D eigenvalue weighted by molar-refractivity contribution is 0.0353. The molecule has 1 aromatic heterocycles. The molecule has 2 rings (SSSR count). The van der Waals surface area contributed by atoms with Crippen molar-refractivity contribution in [3.63, 3.8) is 0 Å². The average molecular weight is 265 g/mol. The van der Waals surface area contributed by atoms with E-state index in [9.17, 15) is 5.11 Å². The molecule has 1 unspecified atom stereocenters. The van der Waals surface area contributed by atoms with Crippen LogP contribution in [0, 0.1) is 0 Å². The number of hydrogen-bond acceptors (Lipinski definition) is 6. The van der Waals surface area contributed by atoms with Crippen molar-refractivity contribution in [2.24, 2.45) is 0 Å².